The van der Waals surface area contributed by atoms with Gasteiger partial charge in [0.1, 0.15) is 12.2 Å². The van der Waals surface area contributed by atoms with Gasteiger partial charge in [0.15, 0.2) is 0 Å². The summed E-state index contributed by atoms with van der Waals surface area (Å²) in [6.45, 7) is 5.17. The Morgan fingerprint density at radius 2 is 2.29 bits per heavy atom. The van der Waals surface area contributed by atoms with Crippen molar-refractivity contribution >= 4 is 5.91 Å². The maximum absolute atomic E-state index is 11.4. The van der Waals surface area contributed by atoms with Gasteiger partial charge in [-0.25, -0.2) is 0 Å². The zero-order valence-corrected chi connectivity index (χ0v) is 10.2. The van der Waals surface area contributed by atoms with E-state index in [1.165, 1.54) is 6.08 Å². The van der Waals surface area contributed by atoms with E-state index in [1.807, 2.05) is 16.5 Å². The molecule has 0 radical (unpaired) electrons. The second-order valence-electron chi connectivity index (χ2n) is 4.53. The minimum absolute atomic E-state index is 0.0436. The second-order valence-corrected chi connectivity index (χ2v) is 4.53. The van der Waals surface area contributed by atoms with Crippen molar-refractivity contribution in [2.75, 3.05) is 13.1 Å². The van der Waals surface area contributed by atoms with Crippen molar-refractivity contribution in [3.05, 3.63) is 24.8 Å². The van der Waals surface area contributed by atoms with Gasteiger partial charge in [0.05, 0.1) is 0 Å². The Hall–Kier alpha value is -1.65. The highest BCUT2D eigenvalue weighted by Crippen LogP contribution is 2.20. The van der Waals surface area contributed by atoms with Gasteiger partial charge in [-0.3, -0.25) is 4.79 Å². The van der Waals surface area contributed by atoms with E-state index in [1.54, 1.807) is 6.33 Å². The minimum atomic E-state index is 0.0436. The summed E-state index contributed by atoms with van der Waals surface area (Å²) < 4.78 is 1.96. The summed E-state index contributed by atoms with van der Waals surface area (Å²) in [5.74, 6) is 1.67. The molecule has 1 aromatic rings. The number of nitrogens with zero attached hydrogens (tertiary/aromatic N) is 4. The molecule has 5 nitrogen and oxygen atoms in total. The molecule has 1 amide bonds. The summed E-state index contributed by atoms with van der Waals surface area (Å²) in [5, 5.41) is 7.98. The summed E-state index contributed by atoms with van der Waals surface area (Å²) in [6.07, 6.45) is 6.14. The van der Waals surface area contributed by atoms with E-state index in [4.69, 9.17) is 0 Å². The van der Waals surface area contributed by atoms with Crippen molar-refractivity contribution in [2.24, 2.45) is 13.0 Å². The van der Waals surface area contributed by atoms with Crippen LogP contribution >= 0.6 is 0 Å². The molecule has 0 saturated carbocycles. The van der Waals surface area contributed by atoms with Gasteiger partial charge >= 0.3 is 0 Å². The highest BCUT2D eigenvalue weighted by atomic mass is 16.2. The highest BCUT2D eigenvalue weighted by Gasteiger charge is 2.22. The standard InChI is InChI=1S/C12H18N4O/c1-3-12(17)16-6-4-10(5-7-16)8-11-14-13-9-15(11)2/h3,9-10H,1,4-8H2,2H3. The summed E-state index contributed by atoms with van der Waals surface area (Å²) in [4.78, 5) is 13.3. The van der Waals surface area contributed by atoms with Crippen LogP contribution in [0.3, 0.4) is 0 Å². The topological polar surface area (TPSA) is 51.0 Å². The molecule has 1 aliphatic heterocycles. The van der Waals surface area contributed by atoms with Crippen LogP contribution in [0.1, 0.15) is 18.7 Å². The number of piperidine rings is 1. The van der Waals surface area contributed by atoms with Gasteiger partial charge in [-0.1, -0.05) is 6.58 Å². The number of rotatable bonds is 3. The van der Waals surface area contributed by atoms with Crippen LogP contribution in [0.4, 0.5) is 0 Å². The molecule has 17 heavy (non-hydrogen) atoms. The van der Waals surface area contributed by atoms with Crippen LogP contribution in [0.2, 0.25) is 0 Å². The summed E-state index contributed by atoms with van der Waals surface area (Å²) in [6, 6.07) is 0. The number of likely N-dealkylation sites (tertiary alicyclic amines) is 1. The van der Waals surface area contributed by atoms with Gasteiger partial charge in [-0.15, -0.1) is 10.2 Å². The molecular formula is C12H18N4O. The van der Waals surface area contributed by atoms with E-state index >= 15 is 0 Å². The average Bonchev–Trinajstić information content (AvgIpc) is 2.75. The second kappa shape index (κ2) is 5.12. The van der Waals surface area contributed by atoms with Crippen LogP contribution in [-0.2, 0) is 18.3 Å². The third-order valence-electron chi connectivity index (χ3n) is 3.38. The normalized spacial score (nSPS) is 17.1. The molecule has 1 aliphatic rings. The maximum Gasteiger partial charge on any atom is 0.245 e. The summed E-state index contributed by atoms with van der Waals surface area (Å²) in [5.41, 5.74) is 0. The Bertz CT molecular complexity index is 404. The lowest BCUT2D eigenvalue weighted by atomic mass is 9.93. The third kappa shape index (κ3) is 2.72. The van der Waals surface area contributed by atoms with Crippen molar-refractivity contribution in [2.45, 2.75) is 19.3 Å². The zero-order valence-electron chi connectivity index (χ0n) is 10.2. The predicted molar refractivity (Wildman–Crippen MR) is 64.2 cm³/mol. The average molecular weight is 234 g/mol. The molecule has 0 atom stereocenters. The van der Waals surface area contributed by atoms with E-state index in [0.717, 1.165) is 38.2 Å². The molecule has 1 aromatic heterocycles. The van der Waals surface area contributed by atoms with Gasteiger partial charge in [-0.05, 0) is 24.8 Å². The number of aryl methyl sites for hydroxylation is 1. The van der Waals surface area contributed by atoms with Gasteiger partial charge in [-0.2, -0.15) is 0 Å². The lowest BCUT2D eigenvalue weighted by molar-refractivity contribution is -0.127. The van der Waals surface area contributed by atoms with Crippen molar-refractivity contribution in [3.63, 3.8) is 0 Å². The van der Waals surface area contributed by atoms with E-state index in [2.05, 4.69) is 16.8 Å². The van der Waals surface area contributed by atoms with Crippen molar-refractivity contribution < 1.29 is 4.79 Å². The molecule has 0 N–H and O–H groups in total. The molecule has 2 rings (SSSR count). The Balaban J connectivity index is 1.85. The maximum atomic E-state index is 11.4. The van der Waals surface area contributed by atoms with Gasteiger partial charge < -0.3 is 9.47 Å². The van der Waals surface area contributed by atoms with E-state index in [0.29, 0.717) is 5.92 Å². The molecule has 92 valence electrons. The molecule has 0 aromatic carbocycles. The number of hydrogen-bond acceptors (Lipinski definition) is 3. The van der Waals surface area contributed by atoms with E-state index in [9.17, 15) is 4.79 Å². The van der Waals surface area contributed by atoms with Gasteiger partial charge in [0.25, 0.3) is 0 Å². The number of hydrogen-bond donors (Lipinski definition) is 0. The van der Waals surface area contributed by atoms with Crippen LogP contribution in [0.5, 0.6) is 0 Å². The Labute approximate surface area is 101 Å². The molecule has 2 heterocycles. The van der Waals surface area contributed by atoms with Crippen LogP contribution in [-0.4, -0.2) is 38.7 Å². The van der Waals surface area contributed by atoms with Crippen LogP contribution in [0.15, 0.2) is 19.0 Å². The number of carbonyl (C=O) groups is 1. The number of amides is 1. The molecule has 1 fully saturated rings. The Morgan fingerprint density at radius 1 is 1.59 bits per heavy atom. The fraction of sp³-hybridized carbons (Fsp3) is 0.583. The summed E-state index contributed by atoms with van der Waals surface area (Å²) >= 11 is 0. The quantitative estimate of drug-likeness (QED) is 0.726. The van der Waals surface area contributed by atoms with Crippen molar-refractivity contribution in [3.8, 4) is 0 Å². The smallest absolute Gasteiger partial charge is 0.245 e. The van der Waals surface area contributed by atoms with Crippen molar-refractivity contribution in [1.82, 2.24) is 19.7 Å². The number of carbonyl (C=O) groups excluding carboxylic acids is 1. The van der Waals surface area contributed by atoms with Crippen LogP contribution in [0, 0.1) is 5.92 Å². The SMILES string of the molecule is C=CC(=O)N1CCC(Cc2nncn2C)CC1. The first kappa shape index (κ1) is 11.8. The molecule has 0 unspecified atom stereocenters. The number of aromatic nitrogens is 3. The largest absolute Gasteiger partial charge is 0.339 e. The lowest BCUT2D eigenvalue weighted by Crippen LogP contribution is -2.38. The Kier molecular flexibility index (Phi) is 3.56. The fourth-order valence-corrected chi connectivity index (χ4v) is 2.24. The monoisotopic (exact) mass is 234 g/mol. The van der Waals surface area contributed by atoms with E-state index < -0.39 is 0 Å². The summed E-state index contributed by atoms with van der Waals surface area (Å²) in [7, 11) is 1.96. The fourth-order valence-electron chi connectivity index (χ4n) is 2.24. The molecular weight excluding hydrogens is 216 g/mol. The van der Waals surface area contributed by atoms with Crippen LogP contribution in [0.25, 0.3) is 0 Å². The molecule has 0 aliphatic carbocycles. The molecule has 0 bridgehead atoms. The first-order chi connectivity index (χ1) is 8.20. The predicted octanol–water partition coefficient (Wildman–Crippen LogP) is 0.782. The van der Waals surface area contributed by atoms with Crippen molar-refractivity contribution in [1.29, 1.82) is 0 Å². The molecule has 5 heteroatoms. The van der Waals surface area contributed by atoms with Gasteiger partial charge in [0.2, 0.25) is 5.91 Å². The minimum Gasteiger partial charge on any atom is -0.339 e. The first-order valence-electron chi connectivity index (χ1n) is 5.95. The van der Waals surface area contributed by atoms with Gasteiger partial charge in [0, 0.05) is 26.6 Å². The Morgan fingerprint density at radius 3 is 2.82 bits per heavy atom. The zero-order chi connectivity index (χ0) is 12.3. The third-order valence-corrected chi connectivity index (χ3v) is 3.38. The van der Waals surface area contributed by atoms with Crippen LogP contribution < -0.4 is 0 Å². The lowest BCUT2D eigenvalue weighted by Gasteiger charge is -2.31. The highest BCUT2D eigenvalue weighted by molar-refractivity contribution is 5.87. The molecule has 0 spiro atoms. The molecule has 1 saturated heterocycles. The first-order valence-corrected chi connectivity index (χ1v) is 5.95. The van der Waals surface area contributed by atoms with E-state index in [-0.39, 0.29) is 5.91 Å².